The van der Waals surface area contributed by atoms with E-state index in [0.29, 0.717) is 17.7 Å². The number of carbonyl (C=O) groups is 1. The van der Waals surface area contributed by atoms with E-state index in [1.807, 2.05) is 5.38 Å². The van der Waals surface area contributed by atoms with Gasteiger partial charge in [0.25, 0.3) is 0 Å². The molecule has 0 unspecified atom stereocenters. The molecule has 1 aliphatic heterocycles. The molecule has 0 radical (unpaired) electrons. The van der Waals surface area contributed by atoms with E-state index < -0.39 is 0 Å². The molecule has 0 bridgehead atoms. The van der Waals surface area contributed by atoms with Crippen LogP contribution in [0.5, 0.6) is 0 Å². The Labute approximate surface area is 118 Å². The monoisotopic (exact) mass is 283 g/mol. The van der Waals surface area contributed by atoms with E-state index in [1.165, 1.54) is 11.3 Å². The number of carbonyl (C=O) groups excluding carboxylic acids is 1. The lowest BCUT2D eigenvalue weighted by molar-refractivity contribution is 0.0525. The minimum atomic E-state index is -0.314. The van der Waals surface area contributed by atoms with Gasteiger partial charge in [-0.3, -0.25) is 4.90 Å². The summed E-state index contributed by atoms with van der Waals surface area (Å²) >= 11 is 1.37. The van der Waals surface area contributed by atoms with Crippen molar-refractivity contribution in [1.29, 1.82) is 0 Å². The molecule has 1 aliphatic rings. The molecule has 19 heavy (non-hydrogen) atoms. The highest BCUT2D eigenvalue weighted by Crippen LogP contribution is 2.16. The molecule has 1 saturated heterocycles. The van der Waals surface area contributed by atoms with Crippen LogP contribution in [0.25, 0.3) is 0 Å². The number of nitrogens with one attached hydrogen (secondary N) is 1. The lowest BCUT2D eigenvalue weighted by atomic mass is 10.1. The molecule has 1 aromatic rings. The van der Waals surface area contributed by atoms with Gasteiger partial charge in [-0.15, -0.1) is 11.3 Å². The predicted octanol–water partition coefficient (Wildman–Crippen LogP) is 1.50. The molecule has 1 fully saturated rings. The number of rotatable bonds is 7. The Hall–Kier alpha value is -0.980. The third-order valence-electron chi connectivity index (χ3n) is 3.15. The van der Waals surface area contributed by atoms with Crippen molar-refractivity contribution < 1.29 is 9.53 Å². The first kappa shape index (κ1) is 14.4. The Balaban J connectivity index is 1.95. The van der Waals surface area contributed by atoms with Gasteiger partial charge in [-0.2, -0.15) is 0 Å². The van der Waals surface area contributed by atoms with Crippen LogP contribution in [0, 0.1) is 0 Å². The van der Waals surface area contributed by atoms with Crippen LogP contribution in [0.1, 0.15) is 35.8 Å². The number of aromatic nitrogens is 1. The minimum absolute atomic E-state index is 0.314. The Kier molecular flexibility index (Phi) is 5.30. The van der Waals surface area contributed by atoms with Crippen molar-refractivity contribution in [3.05, 3.63) is 16.1 Å². The molecule has 5 nitrogen and oxygen atoms in total. The van der Waals surface area contributed by atoms with Crippen LogP contribution in [0.2, 0.25) is 0 Å². The van der Waals surface area contributed by atoms with Gasteiger partial charge in [0.2, 0.25) is 5.01 Å². The second-order valence-corrected chi connectivity index (χ2v) is 5.51. The lowest BCUT2D eigenvalue weighted by Crippen LogP contribution is -2.57. The van der Waals surface area contributed by atoms with Crippen LogP contribution in [0.15, 0.2) is 5.38 Å². The van der Waals surface area contributed by atoms with E-state index in [-0.39, 0.29) is 5.97 Å². The largest absolute Gasteiger partial charge is 0.461 e. The van der Waals surface area contributed by atoms with E-state index in [2.05, 4.69) is 22.1 Å². The summed E-state index contributed by atoms with van der Waals surface area (Å²) in [6.07, 6.45) is 1.13. The molecular formula is C13H21N3O2S. The van der Waals surface area contributed by atoms with Gasteiger partial charge < -0.3 is 10.1 Å². The summed E-state index contributed by atoms with van der Waals surface area (Å²) in [6.45, 7) is 8.37. The van der Waals surface area contributed by atoms with Crippen molar-refractivity contribution in [3.63, 3.8) is 0 Å². The maximum absolute atomic E-state index is 11.6. The maximum Gasteiger partial charge on any atom is 0.367 e. The highest BCUT2D eigenvalue weighted by Gasteiger charge is 2.24. The van der Waals surface area contributed by atoms with Gasteiger partial charge in [-0.1, -0.05) is 6.92 Å². The van der Waals surface area contributed by atoms with E-state index in [4.69, 9.17) is 4.74 Å². The molecule has 2 heterocycles. The number of thiazole rings is 1. The van der Waals surface area contributed by atoms with Crippen LogP contribution < -0.4 is 5.32 Å². The smallest absolute Gasteiger partial charge is 0.367 e. The van der Waals surface area contributed by atoms with Crippen LogP contribution in [-0.2, 0) is 11.3 Å². The molecule has 0 atom stereocenters. The first-order valence-corrected chi connectivity index (χ1v) is 7.68. The zero-order chi connectivity index (χ0) is 13.7. The number of esters is 1. The Morgan fingerprint density at radius 3 is 2.95 bits per heavy atom. The van der Waals surface area contributed by atoms with Crippen LogP contribution in [0.3, 0.4) is 0 Å². The standard InChI is InChI=1S/C13H21N3O2S/c1-3-5-16(11-6-14-7-11)8-10-9-19-12(15-10)13(17)18-4-2/h9,11,14H,3-8H2,1-2H3. The molecule has 0 amide bonds. The fraction of sp³-hybridized carbons (Fsp3) is 0.692. The van der Waals surface area contributed by atoms with Gasteiger partial charge >= 0.3 is 5.97 Å². The Morgan fingerprint density at radius 2 is 2.37 bits per heavy atom. The first-order valence-electron chi connectivity index (χ1n) is 6.80. The molecule has 2 rings (SSSR count). The fourth-order valence-corrected chi connectivity index (χ4v) is 2.78. The number of hydrogen-bond donors (Lipinski definition) is 1. The minimum Gasteiger partial charge on any atom is -0.461 e. The summed E-state index contributed by atoms with van der Waals surface area (Å²) in [6, 6.07) is 0.604. The SMILES string of the molecule is CCCN(Cc1csc(C(=O)OCC)n1)C1CNC1. The molecule has 1 N–H and O–H groups in total. The molecule has 0 saturated carbocycles. The summed E-state index contributed by atoms with van der Waals surface area (Å²) in [5.41, 5.74) is 0.966. The average molecular weight is 283 g/mol. The number of hydrogen-bond acceptors (Lipinski definition) is 6. The summed E-state index contributed by atoms with van der Waals surface area (Å²) in [5.74, 6) is -0.314. The second-order valence-electron chi connectivity index (χ2n) is 4.65. The summed E-state index contributed by atoms with van der Waals surface area (Å²) < 4.78 is 4.96. The van der Waals surface area contributed by atoms with Gasteiger partial charge in [0, 0.05) is 31.1 Å². The highest BCUT2D eigenvalue weighted by atomic mass is 32.1. The zero-order valence-corrected chi connectivity index (χ0v) is 12.3. The van der Waals surface area contributed by atoms with Crippen LogP contribution >= 0.6 is 11.3 Å². The van der Waals surface area contributed by atoms with E-state index in [9.17, 15) is 4.79 Å². The first-order chi connectivity index (χ1) is 9.24. The van der Waals surface area contributed by atoms with E-state index in [1.54, 1.807) is 6.92 Å². The molecule has 1 aromatic heterocycles. The van der Waals surface area contributed by atoms with E-state index >= 15 is 0 Å². The van der Waals surface area contributed by atoms with Crippen LogP contribution in [0.4, 0.5) is 0 Å². The Bertz CT molecular complexity index is 418. The number of nitrogens with zero attached hydrogens (tertiary/aromatic N) is 2. The molecular weight excluding hydrogens is 262 g/mol. The van der Waals surface area contributed by atoms with Crippen molar-refractivity contribution in [1.82, 2.24) is 15.2 Å². The average Bonchev–Trinajstić information content (AvgIpc) is 2.76. The summed E-state index contributed by atoms with van der Waals surface area (Å²) in [7, 11) is 0. The Morgan fingerprint density at radius 1 is 1.58 bits per heavy atom. The van der Waals surface area contributed by atoms with Crippen molar-refractivity contribution in [2.45, 2.75) is 32.9 Å². The third-order valence-corrected chi connectivity index (χ3v) is 4.03. The van der Waals surface area contributed by atoms with Crippen LogP contribution in [-0.4, -0.2) is 48.1 Å². The fourth-order valence-electron chi connectivity index (χ4n) is 2.08. The topological polar surface area (TPSA) is 54.5 Å². The predicted molar refractivity (Wildman–Crippen MR) is 75.4 cm³/mol. The van der Waals surface area contributed by atoms with Gasteiger partial charge in [-0.05, 0) is 19.9 Å². The summed E-state index contributed by atoms with van der Waals surface area (Å²) in [5, 5.41) is 5.71. The van der Waals surface area contributed by atoms with Gasteiger partial charge in [0.05, 0.1) is 12.3 Å². The van der Waals surface area contributed by atoms with Crippen molar-refractivity contribution in [2.24, 2.45) is 0 Å². The molecule has 6 heteroatoms. The van der Waals surface area contributed by atoms with Gasteiger partial charge in [-0.25, -0.2) is 9.78 Å². The van der Waals surface area contributed by atoms with Crippen molar-refractivity contribution in [3.8, 4) is 0 Å². The second kappa shape index (κ2) is 6.98. The zero-order valence-electron chi connectivity index (χ0n) is 11.5. The van der Waals surface area contributed by atoms with Crippen molar-refractivity contribution >= 4 is 17.3 Å². The molecule has 106 valence electrons. The summed E-state index contributed by atoms with van der Waals surface area (Å²) in [4.78, 5) is 18.4. The molecule has 0 aromatic carbocycles. The van der Waals surface area contributed by atoms with E-state index in [0.717, 1.165) is 38.3 Å². The highest BCUT2D eigenvalue weighted by molar-refractivity contribution is 7.11. The van der Waals surface area contributed by atoms with Gasteiger partial charge in [0.1, 0.15) is 0 Å². The normalized spacial score (nSPS) is 15.5. The lowest BCUT2D eigenvalue weighted by Gasteiger charge is -2.37. The van der Waals surface area contributed by atoms with Crippen molar-refractivity contribution in [2.75, 3.05) is 26.2 Å². The number of ether oxygens (including phenoxy) is 1. The van der Waals surface area contributed by atoms with Gasteiger partial charge in [0.15, 0.2) is 0 Å². The molecule has 0 aliphatic carbocycles. The molecule has 0 spiro atoms. The maximum atomic E-state index is 11.6. The third kappa shape index (κ3) is 3.75. The quantitative estimate of drug-likeness (QED) is 0.769.